The maximum Gasteiger partial charge on any atom is 0.223 e. The summed E-state index contributed by atoms with van der Waals surface area (Å²) < 4.78 is 10.8. The second kappa shape index (κ2) is 6.21. The van der Waals surface area contributed by atoms with Crippen LogP contribution in [0.3, 0.4) is 0 Å². The molecule has 1 aliphatic heterocycles. The summed E-state index contributed by atoms with van der Waals surface area (Å²) >= 11 is 0. The van der Waals surface area contributed by atoms with E-state index in [2.05, 4.69) is 5.32 Å². The Balaban J connectivity index is 1.65. The average molecular weight is 227 g/mol. The Bertz CT molecular complexity index is 220. The number of rotatable bonds is 3. The standard InChI is InChI=1S/C12H21NO3/c14-12(10-5-2-1-3-6-10)13-9-11-15-7-4-8-16-11/h10-11H,1-9H2,(H,13,14). The molecule has 4 nitrogen and oxygen atoms in total. The Hall–Kier alpha value is -0.610. The van der Waals surface area contributed by atoms with Gasteiger partial charge in [-0.15, -0.1) is 0 Å². The van der Waals surface area contributed by atoms with Crippen LogP contribution in [-0.2, 0) is 14.3 Å². The summed E-state index contributed by atoms with van der Waals surface area (Å²) in [4.78, 5) is 11.8. The fourth-order valence-electron chi connectivity index (χ4n) is 2.35. The molecule has 2 aliphatic rings. The molecule has 0 atom stereocenters. The first-order valence-corrected chi connectivity index (χ1v) is 6.37. The Morgan fingerprint density at radius 1 is 1.06 bits per heavy atom. The van der Waals surface area contributed by atoms with E-state index in [1.165, 1.54) is 19.3 Å². The minimum absolute atomic E-state index is 0.178. The van der Waals surface area contributed by atoms with Crippen LogP contribution in [0.1, 0.15) is 38.5 Å². The quantitative estimate of drug-likeness (QED) is 0.793. The van der Waals surface area contributed by atoms with Crippen LogP contribution < -0.4 is 5.32 Å². The monoisotopic (exact) mass is 227 g/mol. The third kappa shape index (κ3) is 3.46. The van der Waals surface area contributed by atoms with E-state index in [0.717, 1.165) is 32.5 Å². The van der Waals surface area contributed by atoms with Gasteiger partial charge in [-0.3, -0.25) is 4.79 Å². The van der Waals surface area contributed by atoms with Gasteiger partial charge in [0.25, 0.3) is 0 Å². The summed E-state index contributed by atoms with van der Waals surface area (Å²) in [5.41, 5.74) is 0. The van der Waals surface area contributed by atoms with Gasteiger partial charge in [-0.1, -0.05) is 19.3 Å². The van der Waals surface area contributed by atoms with E-state index in [0.29, 0.717) is 6.54 Å². The predicted molar refractivity (Wildman–Crippen MR) is 59.9 cm³/mol. The minimum atomic E-state index is -0.235. The van der Waals surface area contributed by atoms with Gasteiger partial charge >= 0.3 is 0 Å². The molecule has 1 N–H and O–H groups in total. The molecule has 1 amide bonds. The van der Waals surface area contributed by atoms with Crippen molar-refractivity contribution in [1.29, 1.82) is 0 Å². The highest BCUT2D eigenvalue weighted by Gasteiger charge is 2.22. The molecule has 2 rings (SSSR count). The van der Waals surface area contributed by atoms with Crippen LogP contribution in [-0.4, -0.2) is 32.0 Å². The van der Waals surface area contributed by atoms with Crippen LogP contribution >= 0.6 is 0 Å². The maximum atomic E-state index is 11.8. The molecule has 92 valence electrons. The summed E-state index contributed by atoms with van der Waals surface area (Å²) in [5, 5.41) is 2.93. The molecule has 0 aromatic carbocycles. The van der Waals surface area contributed by atoms with Crippen LogP contribution in [0.25, 0.3) is 0 Å². The highest BCUT2D eigenvalue weighted by molar-refractivity contribution is 5.78. The normalized spacial score (nSPS) is 24.2. The van der Waals surface area contributed by atoms with Crippen molar-refractivity contribution < 1.29 is 14.3 Å². The van der Waals surface area contributed by atoms with Crippen molar-refractivity contribution in [2.75, 3.05) is 19.8 Å². The molecule has 4 heteroatoms. The molecule has 0 aromatic heterocycles. The Morgan fingerprint density at radius 2 is 1.75 bits per heavy atom. The van der Waals surface area contributed by atoms with Gasteiger partial charge in [0, 0.05) is 5.92 Å². The van der Waals surface area contributed by atoms with Crippen molar-refractivity contribution in [3.05, 3.63) is 0 Å². The third-order valence-electron chi connectivity index (χ3n) is 3.32. The first kappa shape index (κ1) is 11.9. The molecule has 0 bridgehead atoms. The van der Waals surface area contributed by atoms with E-state index in [9.17, 15) is 4.79 Å². The summed E-state index contributed by atoms with van der Waals surface area (Å²) in [6.45, 7) is 1.98. The van der Waals surface area contributed by atoms with Crippen molar-refractivity contribution in [3.63, 3.8) is 0 Å². The predicted octanol–water partition coefficient (Wildman–Crippen LogP) is 1.45. The van der Waals surface area contributed by atoms with E-state index in [4.69, 9.17) is 9.47 Å². The number of carbonyl (C=O) groups excluding carboxylic acids is 1. The van der Waals surface area contributed by atoms with Crippen LogP contribution in [0, 0.1) is 5.92 Å². The molecule has 0 spiro atoms. The van der Waals surface area contributed by atoms with Gasteiger partial charge in [-0.25, -0.2) is 0 Å². The number of amides is 1. The second-order valence-corrected chi connectivity index (χ2v) is 4.60. The number of hydrogen-bond donors (Lipinski definition) is 1. The molecule has 2 fully saturated rings. The molecule has 16 heavy (non-hydrogen) atoms. The van der Waals surface area contributed by atoms with Crippen LogP contribution in [0.15, 0.2) is 0 Å². The SMILES string of the molecule is O=C(NCC1OCCCO1)C1CCCCC1. The van der Waals surface area contributed by atoms with Gasteiger partial charge in [-0.2, -0.15) is 0 Å². The van der Waals surface area contributed by atoms with E-state index < -0.39 is 0 Å². The lowest BCUT2D eigenvalue weighted by Gasteiger charge is -2.25. The highest BCUT2D eigenvalue weighted by Crippen LogP contribution is 2.23. The Labute approximate surface area is 96.7 Å². The van der Waals surface area contributed by atoms with Crippen molar-refractivity contribution >= 4 is 5.91 Å². The molecule has 1 heterocycles. The van der Waals surface area contributed by atoms with Gasteiger partial charge in [-0.05, 0) is 19.3 Å². The Morgan fingerprint density at radius 3 is 2.44 bits per heavy atom. The Kier molecular flexibility index (Phi) is 4.60. The molecule has 1 aliphatic carbocycles. The van der Waals surface area contributed by atoms with Crippen molar-refractivity contribution in [2.24, 2.45) is 5.92 Å². The average Bonchev–Trinajstić information content (AvgIpc) is 2.38. The third-order valence-corrected chi connectivity index (χ3v) is 3.32. The van der Waals surface area contributed by atoms with Gasteiger partial charge in [0.2, 0.25) is 5.91 Å². The van der Waals surface area contributed by atoms with Crippen LogP contribution in [0.4, 0.5) is 0 Å². The van der Waals surface area contributed by atoms with Gasteiger partial charge in [0.15, 0.2) is 6.29 Å². The molecule has 0 radical (unpaired) electrons. The van der Waals surface area contributed by atoms with E-state index in [-0.39, 0.29) is 18.1 Å². The molecule has 0 unspecified atom stereocenters. The van der Waals surface area contributed by atoms with Crippen LogP contribution in [0.2, 0.25) is 0 Å². The first-order valence-electron chi connectivity index (χ1n) is 6.37. The number of nitrogens with one attached hydrogen (secondary N) is 1. The van der Waals surface area contributed by atoms with Crippen molar-refractivity contribution in [3.8, 4) is 0 Å². The fraction of sp³-hybridized carbons (Fsp3) is 0.917. The van der Waals surface area contributed by atoms with E-state index in [1.807, 2.05) is 0 Å². The lowest BCUT2D eigenvalue weighted by atomic mass is 9.89. The summed E-state index contributed by atoms with van der Waals surface area (Å²) in [7, 11) is 0. The van der Waals surface area contributed by atoms with Gasteiger partial charge in [0.05, 0.1) is 19.8 Å². The maximum absolute atomic E-state index is 11.8. The second-order valence-electron chi connectivity index (χ2n) is 4.60. The number of hydrogen-bond acceptors (Lipinski definition) is 3. The number of carbonyl (C=O) groups is 1. The van der Waals surface area contributed by atoms with Crippen molar-refractivity contribution in [2.45, 2.75) is 44.8 Å². The summed E-state index contributed by atoms with van der Waals surface area (Å²) in [6, 6.07) is 0. The molecule has 1 saturated carbocycles. The zero-order valence-corrected chi connectivity index (χ0v) is 9.74. The summed E-state index contributed by atoms with van der Waals surface area (Å²) in [5.74, 6) is 0.398. The molecule has 0 aromatic rings. The lowest BCUT2D eigenvalue weighted by molar-refractivity contribution is -0.176. The zero-order valence-electron chi connectivity index (χ0n) is 9.74. The molecular weight excluding hydrogens is 206 g/mol. The fourth-order valence-corrected chi connectivity index (χ4v) is 2.35. The first-order chi connectivity index (χ1) is 7.86. The van der Waals surface area contributed by atoms with Gasteiger partial charge < -0.3 is 14.8 Å². The molecule has 1 saturated heterocycles. The summed E-state index contributed by atoms with van der Waals surface area (Å²) in [6.07, 6.45) is 6.45. The minimum Gasteiger partial charge on any atom is -0.351 e. The lowest BCUT2D eigenvalue weighted by Crippen LogP contribution is -2.40. The van der Waals surface area contributed by atoms with E-state index >= 15 is 0 Å². The van der Waals surface area contributed by atoms with Gasteiger partial charge in [0.1, 0.15) is 0 Å². The topological polar surface area (TPSA) is 47.6 Å². The van der Waals surface area contributed by atoms with E-state index in [1.54, 1.807) is 0 Å². The zero-order chi connectivity index (χ0) is 11.2. The highest BCUT2D eigenvalue weighted by atomic mass is 16.7. The smallest absolute Gasteiger partial charge is 0.223 e. The van der Waals surface area contributed by atoms with Crippen molar-refractivity contribution in [1.82, 2.24) is 5.32 Å². The van der Waals surface area contributed by atoms with Crippen LogP contribution in [0.5, 0.6) is 0 Å². The molecular formula is C12H21NO3. The number of ether oxygens (including phenoxy) is 2. The largest absolute Gasteiger partial charge is 0.351 e.